The van der Waals surface area contributed by atoms with Gasteiger partial charge in [0, 0.05) is 24.3 Å². The molecule has 1 heterocycles. The molecule has 5 nitrogen and oxygen atoms in total. The van der Waals surface area contributed by atoms with Crippen LogP contribution in [0.1, 0.15) is 0 Å². The molecular weight excluding hydrogens is 248 g/mol. The molecular formula is C14H12O5. The summed E-state index contributed by atoms with van der Waals surface area (Å²) in [6.07, 6.45) is 0. The molecule has 0 aliphatic heterocycles. The maximum Gasteiger partial charge on any atom is 0.142 e. The zero-order valence-corrected chi connectivity index (χ0v) is 10.4. The molecule has 3 aromatic rings. The standard InChI is InChI=1S/C14H12O5/c1-17-7-3-9(15)13-11(5-7)19-12-6-8(18-2)4-10(16)14(12)13/h3-6,15-16H,1-2H3. The number of benzene rings is 2. The van der Waals surface area contributed by atoms with Crippen LogP contribution in [-0.2, 0) is 0 Å². The maximum absolute atomic E-state index is 10.0. The number of phenolic OH excluding ortho intramolecular Hbond substituents is 2. The van der Waals surface area contributed by atoms with Crippen LogP contribution in [0, 0.1) is 0 Å². The van der Waals surface area contributed by atoms with E-state index in [1.54, 1.807) is 12.1 Å². The van der Waals surface area contributed by atoms with Crippen LogP contribution in [0.25, 0.3) is 21.9 Å². The van der Waals surface area contributed by atoms with Crippen molar-refractivity contribution in [2.45, 2.75) is 0 Å². The summed E-state index contributed by atoms with van der Waals surface area (Å²) in [7, 11) is 3.01. The van der Waals surface area contributed by atoms with Crippen LogP contribution in [0.3, 0.4) is 0 Å². The van der Waals surface area contributed by atoms with E-state index in [9.17, 15) is 10.2 Å². The van der Waals surface area contributed by atoms with Crippen molar-refractivity contribution in [3.05, 3.63) is 24.3 Å². The molecule has 0 bridgehead atoms. The molecule has 19 heavy (non-hydrogen) atoms. The fraction of sp³-hybridized carbons (Fsp3) is 0.143. The van der Waals surface area contributed by atoms with Gasteiger partial charge >= 0.3 is 0 Å². The molecule has 0 fully saturated rings. The van der Waals surface area contributed by atoms with Gasteiger partial charge in [-0.2, -0.15) is 0 Å². The number of furan rings is 1. The molecule has 0 spiro atoms. The smallest absolute Gasteiger partial charge is 0.142 e. The largest absolute Gasteiger partial charge is 0.507 e. The summed E-state index contributed by atoms with van der Waals surface area (Å²) in [4.78, 5) is 0. The van der Waals surface area contributed by atoms with E-state index in [1.165, 1.54) is 26.4 Å². The van der Waals surface area contributed by atoms with Gasteiger partial charge in [-0.3, -0.25) is 0 Å². The second-order valence-electron chi connectivity index (χ2n) is 4.14. The number of aromatic hydroxyl groups is 2. The summed E-state index contributed by atoms with van der Waals surface area (Å²) < 4.78 is 15.8. The first-order valence-corrected chi connectivity index (χ1v) is 5.64. The van der Waals surface area contributed by atoms with Crippen molar-refractivity contribution in [3.63, 3.8) is 0 Å². The van der Waals surface area contributed by atoms with Crippen molar-refractivity contribution in [2.24, 2.45) is 0 Å². The Balaban J connectivity index is 2.45. The number of hydrogen-bond donors (Lipinski definition) is 2. The highest BCUT2D eigenvalue weighted by Crippen LogP contribution is 2.43. The van der Waals surface area contributed by atoms with Crippen LogP contribution in [-0.4, -0.2) is 24.4 Å². The zero-order chi connectivity index (χ0) is 13.6. The number of hydrogen-bond acceptors (Lipinski definition) is 5. The first-order chi connectivity index (χ1) is 9.13. The first-order valence-electron chi connectivity index (χ1n) is 5.64. The molecule has 98 valence electrons. The number of phenols is 2. The molecule has 2 aromatic carbocycles. The quantitative estimate of drug-likeness (QED) is 0.741. The topological polar surface area (TPSA) is 72.1 Å². The summed E-state index contributed by atoms with van der Waals surface area (Å²) in [6.45, 7) is 0. The van der Waals surface area contributed by atoms with Crippen LogP contribution in [0.2, 0.25) is 0 Å². The average molecular weight is 260 g/mol. The van der Waals surface area contributed by atoms with Gasteiger partial charge in [-0.15, -0.1) is 0 Å². The Kier molecular flexibility index (Phi) is 2.41. The van der Waals surface area contributed by atoms with E-state index in [-0.39, 0.29) is 11.5 Å². The lowest BCUT2D eigenvalue weighted by Crippen LogP contribution is -1.82. The lowest BCUT2D eigenvalue weighted by molar-refractivity contribution is 0.408. The Morgan fingerprint density at radius 3 is 1.58 bits per heavy atom. The average Bonchev–Trinajstić information content (AvgIpc) is 2.77. The Morgan fingerprint density at radius 2 is 1.21 bits per heavy atom. The molecule has 3 rings (SSSR count). The molecule has 5 heteroatoms. The highest BCUT2D eigenvalue weighted by molar-refractivity contribution is 6.11. The molecule has 1 aromatic heterocycles. The molecule has 2 N–H and O–H groups in total. The minimum atomic E-state index is -0.00596. The van der Waals surface area contributed by atoms with Gasteiger partial charge in [0.2, 0.25) is 0 Å². The summed E-state index contributed by atoms with van der Waals surface area (Å²) in [5.41, 5.74) is 0.880. The molecule has 0 radical (unpaired) electrons. The van der Waals surface area contributed by atoms with E-state index in [1.807, 2.05) is 0 Å². The molecule has 0 atom stereocenters. The minimum Gasteiger partial charge on any atom is -0.507 e. The Labute approximate surface area is 108 Å². The van der Waals surface area contributed by atoms with Gasteiger partial charge in [0.15, 0.2) is 0 Å². The van der Waals surface area contributed by atoms with E-state index in [4.69, 9.17) is 13.9 Å². The lowest BCUT2D eigenvalue weighted by Gasteiger charge is -2.02. The molecule has 0 amide bonds. The molecule has 0 aliphatic carbocycles. The number of ether oxygens (including phenoxy) is 2. The van der Waals surface area contributed by atoms with Gasteiger partial charge in [-0.25, -0.2) is 0 Å². The number of rotatable bonds is 2. The summed E-state index contributed by atoms with van der Waals surface area (Å²) in [6, 6.07) is 6.25. The Morgan fingerprint density at radius 1 is 0.789 bits per heavy atom. The van der Waals surface area contributed by atoms with Crippen LogP contribution in [0.15, 0.2) is 28.7 Å². The summed E-state index contributed by atoms with van der Waals surface area (Å²) in [5, 5.41) is 21.0. The van der Waals surface area contributed by atoms with Crippen molar-refractivity contribution in [2.75, 3.05) is 14.2 Å². The van der Waals surface area contributed by atoms with E-state index in [0.29, 0.717) is 33.4 Å². The third-order valence-corrected chi connectivity index (χ3v) is 3.05. The predicted octanol–water partition coefficient (Wildman–Crippen LogP) is 3.01. The van der Waals surface area contributed by atoms with Crippen LogP contribution in [0.5, 0.6) is 23.0 Å². The van der Waals surface area contributed by atoms with Crippen molar-refractivity contribution in [3.8, 4) is 23.0 Å². The highest BCUT2D eigenvalue weighted by atomic mass is 16.5. The van der Waals surface area contributed by atoms with Gasteiger partial charge in [-0.1, -0.05) is 0 Å². The first kappa shape index (κ1) is 11.5. The second-order valence-corrected chi connectivity index (χ2v) is 4.14. The lowest BCUT2D eigenvalue weighted by atomic mass is 10.1. The zero-order valence-electron chi connectivity index (χ0n) is 10.4. The molecule has 0 saturated heterocycles. The SMILES string of the molecule is COc1cc(O)c2c(c1)oc1cc(OC)cc(O)c12. The van der Waals surface area contributed by atoms with E-state index in [2.05, 4.69) is 0 Å². The van der Waals surface area contributed by atoms with Crippen molar-refractivity contribution in [1.29, 1.82) is 0 Å². The third-order valence-electron chi connectivity index (χ3n) is 3.05. The monoisotopic (exact) mass is 260 g/mol. The third kappa shape index (κ3) is 1.62. The van der Waals surface area contributed by atoms with Gasteiger partial charge in [-0.05, 0) is 0 Å². The van der Waals surface area contributed by atoms with Gasteiger partial charge in [0.05, 0.1) is 25.0 Å². The normalized spacial score (nSPS) is 11.1. The Hall–Kier alpha value is -2.56. The van der Waals surface area contributed by atoms with Crippen molar-refractivity contribution < 1.29 is 24.1 Å². The van der Waals surface area contributed by atoms with Crippen molar-refractivity contribution >= 4 is 21.9 Å². The number of methoxy groups -OCH3 is 2. The van der Waals surface area contributed by atoms with E-state index >= 15 is 0 Å². The predicted molar refractivity (Wildman–Crippen MR) is 70.2 cm³/mol. The van der Waals surface area contributed by atoms with Crippen molar-refractivity contribution in [1.82, 2.24) is 0 Å². The molecule has 0 saturated carbocycles. The summed E-state index contributed by atoms with van der Waals surface area (Å²) in [5.74, 6) is 0.952. The van der Waals surface area contributed by atoms with Crippen LogP contribution >= 0.6 is 0 Å². The number of fused-ring (bicyclic) bond motifs is 3. The Bertz CT molecular complexity index is 708. The maximum atomic E-state index is 10.0. The van der Waals surface area contributed by atoms with E-state index in [0.717, 1.165) is 0 Å². The molecule has 0 unspecified atom stereocenters. The highest BCUT2D eigenvalue weighted by Gasteiger charge is 2.17. The minimum absolute atomic E-state index is 0.00596. The fourth-order valence-electron chi connectivity index (χ4n) is 2.17. The summed E-state index contributed by atoms with van der Waals surface area (Å²) >= 11 is 0. The van der Waals surface area contributed by atoms with Crippen LogP contribution in [0.4, 0.5) is 0 Å². The van der Waals surface area contributed by atoms with Gasteiger partial charge in [0.25, 0.3) is 0 Å². The molecule has 0 aliphatic rings. The van der Waals surface area contributed by atoms with Gasteiger partial charge in [0.1, 0.15) is 34.2 Å². The van der Waals surface area contributed by atoms with E-state index < -0.39 is 0 Å². The fourth-order valence-corrected chi connectivity index (χ4v) is 2.17. The second kappa shape index (κ2) is 3.98. The van der Waals surface area contributed by atoms with Crippen LogP contribution < -0.4 is 9.47 Å². The van der Waals surface area contributed by atoms with Gasteiger partial charge < -0.3 is 24.1 Å².